The maximum atomic E-state index is 13.5. The fourth-order valence-electron chi connectivity index (χ4n) is 8.96. The van der Waals surface area contributed by atoms with Gasteiger partial charge in [0.2, 0.25) is 17.7 Å². The maximum Gasteiger partial charge on any atom is 0.267 e. The first-order chi connectivity index (χ1) is 31.3. The van der Waals surface area contributed by atoms with Crippen molar-refractivity contribution in [2.45, 2.75) is 51.6 Å². The number of aldehydes is 1. The van der Waals surface area contributed by atoms with Crippen LogP contribution in [0.4, 0.5) is 28.1 Å². The van der Waals surface area contributed by atoms with Crippen molar-refractivity contribution >= 4 is 86.9 Å². The number of rotatable bonds is 12. The SMILES string of the molecule is Cc1nc(Nc2ncc(C(=O)Nc3c(C)cccc3Cl)s2)cc(N2CCC(N3CCN(CC(=O)N4CCN(c5ccc(C(=O)N(C)C6CCC(=O)NC6=O)c(C=O)c5)CC4)CC3)CC2)n1. The van der Waals surface area contributed by atoms with Gasteiger partial charge in [0.25, 0.3) is 11.8 Å². The molecule has 6 heterocycles. The smallest absolute Gasteiger partial charge is 0.267 e. The van der Waals surface area contributed by atoms with Gasteiger partial charge < -0.3 is 30.2 Å². The Kier molecular flexibility index (Phi) is 14.0. The summed E-state index contributed by atoms with van der Waals surface area (Å²) < 4.78 is 0. The van der Waals surface area contributed by atoms with E-state index in [-0.39, 0.29) is 41.7 Å². The second kappa shape index (κ2) is 20.0. The minimum atomic E-state index is -0.790. The lowest BCUT2D eigenvalue weighted by Crippen LogP contribution is -2.56. The van der Waals surface area contributed by atoms with E-state index in [0.717, 1.165) is 69.2 Å². The summed E-state index contributed by atoms with van der Waals surface area (Å²) in [4.78, 5) is 102. The van der Waals surface area contributed by atoms with Gasteiger partial charge in [-0.1, -0.05) is 35.1 Å². The molecule has 5 amide bonds. The number of halogens is 1. The molecule has 342 valence electrons. The van der Waals surface area contributed by atoms with Crippen LogP contribution >= 0.6 is 22.9 Å². The third-order valence-electron chi connectivity index (χ3n) is 12.7. The second-order valence-corrected chi connectivity index (χ2v) is 18.3. The van der Waals surface area contributed by atoms with E-state index in [4.69, 9.17) is 16.6 Å². The van der Waals surface area contributed by atoms with Gasteiger partial charge in [-0.25, -0.2) is 15.0 Å². The Labute approximate surface area is 386 Å². The Morgan fingerprint density at radius 1 is 0.923 bits per heavy atom. The molecule has 2 aromatic carbocycles. The number of amides is 5. The summed E-state index contributed by atoms with van der Waals surface area (Å²) in [6.07, 6.45) is 4.54. The predicted molar refractivity (Wildman–Crippen MR) is 248 cm³/mol. The lowest BCUT2D eigenvalue weighted by atomic mass is 10.0. The van der Waals surface area contributed by atoms with Crippen molar-refractivity contribution < 1.29 is 28.8 Å². The Morgan fingerprint density at radius 3 is 2.38 bits per heavy atom. The largest absolute Gasteiger partial charge is 0.368 e. The Balaban J connectivity index is 0.763. The molecule has 2 aromatic heterocycles. The van der Waals surface area contributed by atoms with Crippen LogP contribution in [0.1, 0.15) is 67.5 Å². The number of imide groups is 1. The summed E-state index contributed by atoms with van der Waals surface area (Å²) >= 11 is 7.54. The van der Waals surface area contributed by atoms with Gasteiger partial charge in [-0.05, 0) is 62.9 Å². The zero-order valence-electron chi connectivity index (χ0n) is 36.7. The van der Waals surface area contributed by atoms with Crippen LogP contribution in [0.25, 0.3) is 0 Å². The number of nitrogens with zero attached hydrogens (tertiary/aromatic N) is 9. The topological polar surface area (TPSA) is 197 Å². The average molecular weight is 926 g/mol. The Morgan fingerprint density at radius 2 is 1.68 bits per heavy atom. The van der Waals surface area contributed by atoms with Crippen LogP contribution in [0.5, 0.6) is 0 Å². The number of piperidine rings is 2. The van der Waals surface area contributed by atoms with Crippen molar-refractivity contribution in [2.24, 2.45) is 0 Å². The minimum Gasteiger partial charge on any atom is -0.368 e. The van der Waals surface area contributed by atoms with Crippen LogP contribution in [0, 0.1) is 13.8 Å². The van der Waals surface area contributed by atoms with Crippen LogP contribution in [-0.2, 0) is 14.4 Å². The summed E-state index contributed by atoms with van der Waals surface area (Å²) in [7, 11) is 1.50. The van der Waals surface area contributed by atoms with E-state index < -0.39 is 17.9 Å². The lowest BCUT2D eigenvalue weighted by Gasteiger charge is -2.43. The Hall–Kier alpha value is -6.02. The fraction of sp³-hybridized carbons (Fsp3) is 0.444. The third-order valence-corrected chi connectivity index (χ3v) is 13.9. The van der Waals surface area contributed by atoms with Gasteiger partial charge in [-0.15, -0.1) is 0 Å². The number of benzene rings is 2. The van der Waals surface area contributed by atoms with Crippen molar-refractivity contribution in [1.29, 1.82) is 0 Å². The van der Waals surface area contributed by atoms with Gasteiger partial charge in [-0.3, -0.25) is 43.9 Å². The van der Waals surface area contributed by atoms with E-state index in [0.29, 0.717) is 77.4 Å². The monoisotopic (exact) mass is 924 g/mol. The molecule has 3 N–H and O–H groups in total. The number of carbonyl (C=O) groups is 6. The fourth-order valence-corrected chi connectivity index (χ4v) is 9.95. The van der Waals surface area contributed by atoms with Crippen molar-refractivity contribution in [3.63, 3.8) is 0 Å². The predicted octanol–water partition coefficient (Wildman–Crippen LogP) is 3.82. The first-order valence-corrected chi connectivity index (χ1v) is 23.1. The van der Waals surface area contributed by atoms with Gasteiger partial charge in [0.05, 0.1) is 29.0 Å². The molecule has 4 saturated heterocycles. The highest BCUT2D eigenvalue weighted by atomic mass is 35.5. The standard InChI is InChI=1S/C45H53ClN12O6S/c1-28-5-4-6-34(46)41(28)52-43(63)36-25-47-45(65-36)50-37-24-38(49-29(2)48-37)57-13-11-31(12-14-57)55-17-15-54(16-18-55)26-40(61)58-21-19-56(20-22-58)32-7-8-33(30(23-32)27-59)44(64)53(3)35-9-10-39(60)51-42(35)62/h4-8,23-25,27,31,35H,9-22,26H2,1-3H3,(H,52,63)(H,51,60,62)(H,47,48,49,50). The van der Waals surface area contributed by atoms with E-state index in [1.165, 1.54) is 29.5 Å². The summed E-state index contributed by atoms with van der Waals surface area (Å²) in [6.45, 7) is 11.6. The molecule has 4 aromatic rings. The number of likely N-dealkylation sites (N-methyl/N-ethyl adjacent to an activating group) is 1. The molecule has 0 radical (unpaired) electrons. The highest BCUT2D eigenvalue weighted by molar-refractivity contribution is 7.17. The van der Waals surface area contributed by atoms with Crippen molar-refractivity contribution in [2.75, 3.05) is 99.5 Å². The number of aryl methyl sites for hydroxylation is 2. The molecule has 0 spiro atoms. The molecule has 65 heavy (non-hydrogen) atoms. The summed E-state index contributed by atoms with van der Waals surface area (Å²) in [6, 6.07) is 12.1. The Bertz CT molecular complexity index is 2440. The number of hydrogen-bond acceptors (Lipinski definition) is 15. The molecule has 1 atom stereocenters. The summed E-state index contributed by atoms with van der Waals surface area (Å²) in [5.41, 5.74) is 2.64. The molecule has 18 nitrogen and oxygen atoms in total. The van der Waals surface area contributed by atoms with Gasteiger partial charge in [0.1, 0.15) is 28.4 Å². The van der Waals surface area contributed by atoms with E-state index in [2.05, 4.69) is 45.5 Å². The van der Waals surface area contributed by atoms with Crippen molar-refractivity contribution in [1.82, 2.24) is 39.9 Å². The summed E-state index contributed by atoms with van der Waals surface area (Å²) in [5, 5.41) is 9.44. The number of para-hydroxylation sites is 1. The van der Waals surface area contributed by atoms with Gasteiger partial charge >= 0.3 is 0 Å². The first kappa shape index (κ1) is 45.5. The van der Waals surface area contributed by atoms with Crippen LogP contribution < -0.4 is 25.8 Å². The molecule has 8 rings (SSSR count). The zero-order valence-corrected chi connectivity index (χ0v) is 38.3. The molecule has 4 aliphatic rings. The number of hydrogen-bond donors (Lipinski definition) is 3. The average Bonchev–Trinajstić information content (AvgIpc) is 3.78. The first-order valence-electron chi connectivity index (χ1n) is 21.9. The number of carbonyl (C=O) groups excluding carboxylic acids is 6. The molecule has 1 unspecified atom stereocenters. The van der Waals surface area contributed by atoms with E-state index in [1.807, 2.05) is 36.9 Å². The van der Waals surface area contributed by atoms with Crippen LogP contribution in [-0.4, -0.2) is 161 Å². The third kappa shape index (κ3) is 10.6. The molecule has 0 bridgehead atoms. The van der Waals surface area contributed by atoms with Crippen LogP contribution in [0.3, 0.4) is 0 Å². The second-order valence-electron chi connectivity index (χ2n) is 16.9. The zero-order chi connectivity index (χ0) is 45.8. The quantitative estimate of drug-likeness (QED) is 0.137. The minimum absolute atomic E-state index is 0.107. The van der Waals surface area contributed by atoms with Gasteiger partial charge in [0.15, 0.2) is 11.4 Å². The van der Waals surface area contributed by atoms with Gasteiger partial charge in [0, 0.05) is 102 Å². The number of thiazole rings is 1. The highest BCUT2D eigenvalue weighted by Gasteiger charge is 2.34. The highest BCUT2D eigenvalue weighted by Crippen LogP contribution is 2.30. The van der Waals surface area contributed by atoms with E-state index >= 15 is 0 Å². The van der Waals surface area contributed by atoms with E-state index in [1.54, 1.807) is 24.3 Å². The molecule has 20 heteroatoms. The molecule has 4 fully saturated rings. The van der Waals surface area contributed by atoms with E-state index in [9.17, 15) is 28.8 Å². The lowest BCUT2D eigenvalue weighted by molar-refractivity contribution is -0.136. The van der Waals surface area contributed by atoms with Crippen molar-refractivity contribution in [3.8, 4) is 0 Å². The number of anilines is 5. The molecule has 0 aliphatic carbocycles. The molecule has 0 saturated carbocycles. The maximum absolute atomic E-state index is 13.5. The number of aromatic nitrogens is 3. The number of nitrogens with one attached hydrogen (secondary N) is 3. The van der Waals surface area contributed by atoms with Crippen LogP contribution in [0.15, 0.2) is 48.7 Å². The molecular formula is C45H53ClN12O6S. The summed E-state index contributed by atoms with van der Waals surface area (Å²) in [5.74, 6) is 0.555. The molecule has 4 aliphatic heterocycles. The number of piperazine rings is 2. The normalized spacial score (nSPS) is 18.9. The van der Waals surface area contributed by atoms with Gasteiger partial charge in [-0.2, -0.15) is 0 Å². The van der Waals surface area contributed by atoms with Crippen LogP contribution in [0.2, 0.25) is 5.02 Å². The molecular weight excluding hydrogens is 872 g/mol. The van der Waals surface area contributed by atoms with Crippen molar-refractivity contribution in [3.05, 3.63) is 81.1 Å².